The fourth-order valence-electron chi connectivity index (χ4n) is 3.30. The van der Waals surface area contributed by atoms with Crippen LogP contribution in [0.5, 0.6) is 0 Å². The van der Waals surface area contributed by atoms with Crippen molar-refractivity contribution in [3.8, 4) is 0 Å². The molecule has 2 rings (SSSR count). The first-order valence-electron chi connectivity index (χ1n) is 8.18. The lowest BCUT2D eigenvalue weighted by Gasteiger charge is -2.36. The van der Waals surface area contributed by atoms with Gasteiger partial charge in [-0.2, -0.15) is 11.8 Å². The SMILES string of the molecule is CCC(CC)C(NC1CCCSC1C)c1ccccc1. The maximum atomic E-state index is 4.00. The Morgan fingerprint density at radius 3 is 2.50 bits per heavy atom. The van der Waals surface area contributed by atoms with Crippen LogP contribution in [0.25, 0.3) is 0 Å². The van der Waals surface area contributed by atoms with Gasteiger partial charge < -0.3 is 5.32 Å². The van der Waals surface area contributed by atoms with Crippen LogP contribution >= 0.6 is 11.8 Å². The average molecular weight is 292 g/mol. The molecule has 112 valence electrons. The Labute approximate surface area is 128 Å². The van der Waals surface area contributed by atoms with Gasteiger partial charge in [0.15, 0.2) is 0 Å². The molecule has 0 bridgehead atoms. The smallest absolute Gasteiger partial charge is 0.0351 e. The summed E-state index contributed by atoms with van der Waals surface area (Å²) in [6.45, 7) is 7.03. The Morgan fingerprint density at radius 1 is 1.20 bits per heavy atom. The highest BCUT2D eigenvalue weighted by Crippen LogP contribution is 2.32. The predicted octanol–water partition coefficient (Wildman–Crippen LogP) is 5.04. The van der Waals surface area contributed by atoms with E-state index in [1.54, 1.807) is 0 Å². The minimum Gasteiger partial charge on any atom is -0.306 e. The molecule has 2 heteroatoms. The van der Waals surface area contributed by atoms with Gasteiger partial charge in [0.05, 0.1) is 0 Å². The van der Waals surface area contributed by atoms with E-state index in [1.807, 2.05) is 0 Å². The third kappa shape index (κ3) is 4.02. The van der Waals surface area contributed by atoms with Gasteiger partial charge in [-0.15, -0.1) is 0 Å². The Balaban J connectivity index is 2.14. The summed E-state index contributed by atoms with van der Waals surface area (Å²) in [6.07, 6.45) is 5.18. The fraction of sp³-hybridized carbons (Fsp3) is 0.667. The van der Waals surface area contributed by atoms with E-state index in [1.165, 1.54) is 37.0 Å². The summed E-state index contributed by atoms with van der Waals surface area (Å²) in [5.74, 6) is 2.07. The molecular weight excluding hydrogens is 262 g/mol. The van der Waals surface area contributed by atoms with Crippen molar-refractivity contribution in [2.75, 3.05) is 5.75 Å². The van der Waals surface area contributed by atoms with Gasteiger partial charge >= 0.3 is 0 Å². The van der Waals surface area contributed by atoms with E-state index in [2.05, 4.69) is 68.2 Å². The molecule has 0 aliphatic carbocycles. The normalized spacial score (nSPS) is 24.8. The van der Waals surface area contributed by atoms with Crippen LogP contribution in [-0.2, 0) is 0 Å². The molecule has 0 saturated carbocycles. The summed E-state index contributed by atoms with van der Waals surface area (Å²) in [7, 11) is 0. The van der Waals surface area contributed by atoms with E-state index >= 15 is 0 Å². The fourth-order valence-corrected chi connectivity index (χ4v) is 4.45. The van der Waals surface area contributed by atoms with Crippen molar-refractivity contribution in [1.29, 1.82) is 0 Å². The van der Waals surface area contributed by atoms with Gasteiger partial charge in [-0.3, -0.25) is 0 Å². The molecule has 1 nitrogen and oxygen atoms in total. The molecule has 1 aliphatic rings. The van der Waals surface area contributed by atoms with Crippen molar-refractivity contribution >= 4 is 11.8 Å². The second kappa shape index (κ2) is 8.09. The van der Waals surface area contributed by atoms with E-state index in [9.17, 15) is 0 Å². The van der Waals surface area contributed by atoms with Crippen LogP contribution in [0.2, 0.25) is 0 Å². The molecule has 1 aliphatic heterocycles. The minimum absolute atomic E-state index is 0.511. The van der Waals surface area contributed by atoms with E-state index in [0.29, 0.717) is 12.1 Å². The largest absolute Gasteiger partial charge is 0.306 e. The number of thioether (sulfide) groups is 1. The molecule has 1 aromatic carbocycles. The first kappa shape index (κ1) is 15.9. The van der Waals surface area contributed by atoms with Gasteiger partial charge in [0.25, 0.3) is 0 Å². The molecule has 1 N–H and O–H groups in total. The lowest BCUT2D eigenvalue weighted by molar-refractivity contribution is 0.296. The third-order valence-corrected chi connectivity index (χ3v) is 6.06. The maximum Gasteiger partial charge on any atom is 0.0351 e. The minimum atomic E-state index is 0.511. The van der Waals surface area contributed by atoms with Crippen LogP contribution in [-0.4, -0.2) is 17.0 Å². The Bertz CT molecular complexity index is 374. The quantitative estimate of drug-likeness (QED) is 0.788. The van der Waals surface area contributed by atoms with E-state index in [4.69, 9.17) is 0 Å². The van der Waals surface area contributed by atoms with Gasteiger partial charge in [-0.1, -0.05) is 63.9 Å². The molecule has 0 amide bonds. The first-order valence-corrected chi connectivity index (χ1v) is 9.23. The van der Waals surface area contributed by atoms with Crippen LogP contribution in [0.3, 0.4) is 0 Å². The molecule has 3 unspecified atom stereocenters. The molecule has 0 aromatic heterocycles. The van der Waals surface area contributed by atoms with Crippen molar-refractivity contribution in [2.24, 2.45) is 5.92 Å². The predicted molar refractivity (Wildman–Crippen MR) is 91.3 cm³/mol. The van der Waals surface area contributed by atoms with Gasteiger partial charge in [-0.25, -0.2) is 0 Å². The maximum absolute atomic E-state index is 4.00. The summed E-state index contributed by atoms with van der Waals surface area (Å²) in [5.41, 5.74) is 1.46. The number of benzene rings is 1. The van der Waals surface area contributed by atoms with E-state index in [-0.39, 0.29) is 0 Å². The molecular formula is C18H29NS. The van der Waals surface area contributed by atoms with Gasteiger partial charge in [-0.05, 0) is 30.1 Å². The molecule has 1 heterocycles. The molecule has 1 fully saturated rings. The van der Waals surface area contributed by atoms with Gasteiger partial charge in [0.2, 0.25) is 0 Å². The van der Waals surface area contributed by atoms with Crippen molar-refractivity contribution in [1.82, 2.24) is 5.32 Å². The monoisotopic (exact) mass is 291 g/mol. The number of rotatable bonds is 6. The molecule has 1 aromatic rings. The standard InChI is InChI=1S/C18H29NS/c1-4-15(5-2)18(16-10-7-6-8-11-16)19-17-12-9-13-20-14(17)3/h6-8,10-11,14-15,17-19H,4-5,9,12-13H2,1-3H3. The molecule has 0 radical (unpaired) electrons. The molecule has 20 heavy (non-hydrogen) atoms. The highest BCUT2D eigenvalue weighted by molar-refractivity contribution is 7.99. The van der Waals surface area contributed by atoms with Crippen LogP contribution in [0.4, 0.5) is 0 Å². The van der Waals surface area contributed by atoms with Gasteiger partial charge in [0, 0.05) is 17.3 Å². The van der Waals surface area contributed by atoms with Gasteiger partial charge in [0.1, 0.15) is 0 Å². The highest BCUT2D eigenvalue weighted by Gasteiger charge is 2.28. The zero-order valence-corrected chi connectivity index (χ0v) is 14.0. The van der Waals surface area contributed by atoms with Crippen LogP contribution in [0.1, 0.15) is 58.1 Å². The van der Waals surface area contributed by atoms with Crippen molar-refractivity contribution in [3.05, 3.63) is 35.9 Å². The number of hydrogen-bond donors (Lipinski definition) is 1. The summed E-state index contributed by atoms with van der Waals surface area (Å²) in [5, 5.41) is 4.74. The third-order valence-electron chi connectivity index (χ3n) is 4.68. The summed E-state index contributed by atoms with van der Waals surface area (Å²) in [4.78, 5) is 0. The summed E-state index contributed by atoms with van der Waals surface area (Å²) >= 11 is 2.13. The number of nitrogens with one attached hydrogen (secondary N) is 1. The number of hydrogen-bond acceptors (Lipinski definition) is 2. The lowest BCUT2D eigenvalue weighted by Crippen LogP contribution is -2.43. The van der Waals surface area contributed by atoms with Crippen molar-refractivity contribution < 1.29 is 0 Å². The second-order valence-electron chi connectivity index (χ2n) is 5.96. The Hall–Kier alpha value is -0.470. The summed E-state index contributed by atoms with van der Waals surface area (Å²) < 4.78 is 0. The van der Waals surface area contributed by atoms with Crippen LogP contribution in [0, 0.1) is 5.92 Å². The van der Waals surface area contributed by atoms with E-state index in [0.717, 1.165) is 11.2 Å². The topological polar surface area (TPSA) is 12.0 Å². The highest BCUT2D eigenvalue weighted by atomic mass is 32.2. The van der Waals surface area contributed by atoms with Crippen molar-refractivity contribution in [2.45, 2.75) is 63.8 Å². The molecule has 3 atom stereocenters. The lowest BCUT2D eigenvalue weighted by atomic mass is 9.87. The zero-order chi connectivity index (χ0) is 14.4. The Morgan fingerprint density at radius 2 is 1.90 bits per heavy atom. The Kier molecular flexibility index (Phi) is 6.44. The summed E-state index contributed by atoms with van der Waals surface area (Å²) in [6, 6.07) is 12.2. The second-order valence-corrected chi connectivity index (χ2v) is 7.44. The van der Waals surface area contributed by atoms with Crippen LogP contribution in [0.15, 0.2) is 30.3 Å². The van der Waals surface area contributed by atoms with E-state index < -0.39 is 0 Å². The zero-order valence-electron chi connectivity index (χ0n) is 13.1. The van der Waals surface area contributed by atoms with Crippen LogP contribution < -0.4 is 5.32 Å². The first-order chi connectivity index (χ1) is 9.76. The molecule has 1 saturated heterocycles. The van der Waals surface area contributed by atoms with Crippen molar-refractivity contribution in [3.63, 3.8) is 0 Å². The average Bonchev–Trinajstić information content (AvgIpc) is 2.50. The molecule has 0 spiro atoms.